The topological polar surface area (TPSA) is 36.9 Å². The van der Waals surface area contributed by atoms with Crippen LogP contribution in [0.15, 0.2) is 53.5 Å². The molecule has 0 amide bonds. The molecule has 3 heterocycles. The van der Waals surface area contributed by atoms with Gasteiger partial charge in [-0.05, 0) is 48.2 Å². The number of hydrogen-bond donors (Lipinski definition) is 1. The van der Waals surface area contributed by atoms with Crippen LogP contribution in [0.4, 0.5) is 4.39 Å². The monoisotopic (exact) mass is 351 g/mol. The van der Waals surface area contributed by atoms with Crippen LogP contribution in [0.25, 0.3) is 0 Å². The highest BCUT2D eigenvalue weighted by Gasteiger charge is 2.38. The Bertz CT molecular complexity index is 835. The van der Waals surface area contributed by atoms with Crippen molar-refractivity contribution < 1.29 is 9.13 Å². The van der Waals surface area contributed by atoms with Gasteiger partial charge in [-0.25, -0.2) is 9.38 Å². The molecule has 0 bridgehead atoms. The lowest BCUT2D eigenvalue weighted by Gasteiger charge is -2.41. The first-order valence-corrected chi connectivity index (χ1v) is 9.34. The minimum absolute atomic E-state index is 0.00483. The summed E-state index contributed by atoms with van der Waals surface area (Å²) < 4.78 is 19.8. The second-order valence-electron chi connectivity index (χ2n) is 7.23. The molecule has 0 unspecified atom stereocenters. The lowest BCUT2D eigenvalue weighted by atomic mass is 9.88. The molecule has 5 rings (SSSR count). The second-order valence-corrected chi connectivity index (χ2v) is 7.23. The van der Waals surface area contributed by atoms with E-state index in [0.29, 0.717) is 6.04 Å². The molecule has 3 aliphatic heterocycles. The molecule has 4 nitrogen and oxygen atoms in total. The van der Waals surface area contributed by atoms with E-state index < -0.39 is 0 Å². The van der Waals surface area contributed by atoms with Crippen LogP contribution in [0.5, 0.6) is 0 Å². The molecule has 1 fully saturated rings. The van der Waals surface area contributed by atoms with E-state index in [2.05, 4.69) is 34.5 Å². The van der Waals surface area contributed by atoms with Crippen molar-refractivity contribution in [1.29, 1.82) is 0 Å². The molecular formula is C21H22FN3O. The number of hydrogen-bond acceptors (Lipinski definition) is 4. The van der Waals surface area contributed by atoms with Gasteiger partial charge in [-0.2, -0.15) is 0 Å². The van der Waals surface area contributed by atoms with Crippen molar-refractivity contribution in [1.82, 2.24) is 10.2 Å². The predicted molar refractivity (Wildman–Crippen MR) is 98.7 cm³/mol. The van der Waals surface area contributed by atoms with E-state index in [1.807, 2.05) is 12.1 Å². The van der Waals surface area contributed by atoms with Gasteiger partial charge < -0.3 is 15.0 Å². The van der Waals surface area contributed by atoms with E-state index >= 15 is 0 Å². The fourth-order valence-corrected chi connectivity index (χ4v) is 4.35. The van der Waals surface area contributed by atoms with E-state index in [-0.39, 0.29) is 18.0 Å². The Hall–Kier alpha value is -2.40. The van der Waals surface area contributed by atoms with E-state index in [9.17, 15) is 4.39 Å². The molecule has 3 atom stereocenters. The number of amidine groups is 1. The lowest BCUT2D eigenvalue weighted by Crippen LogP contribution is -2.48. The van der Waals surface area contributed by atoms with E-state index in [1.165, 1.54) is 23.3 Å². The first-order valence-electron chi connectivity index (χ1n) is 9.34. The number of nitrogens with zero attached hydrogens (tertiary/aromatic N) is 2. The third kappa shape index (κ3) is 2.67. The Morgan fingerprint density at radius 3 is 2.85 bits per heavy atom. The van der Waals surface area contributed by atoms with Crippen molar-refractivity contribution in [2.24, 2.45) is 4.99 Å². The van der Waals surface area contributed by atoms with Gasteiger partial charge >= 0.3 is 0 Å². The zero-order valence-electron chi connectivity index (χ0n) is 14.6. The number of rotatable bonds is 1. The lowest BCUT2D eigenvalue weighted by molar-refractivity contribution is 0.112. The summed E-state index contributed by atoms with van der Waals surface area (Å²) in [5.74, 6) is -0.212. The number of fused-ring (bicyclic) bond motifs is 2. The molecule has 1 saturated heterocycles. The Balaban J connectivity index is 1.54. The average molecular weight is 351 g/mol. The molecular weight excluding hydrogens is 329 g/mol. The van der Waals surface area contributed by atoms with Gasteiger partial charge in [-0.3, -0.25) is 0 Å². The molecule has 0 spiro atoms. The summed E-state index contributed by atoms with van der Waals surface area (Å²) in [6, 6.07) is 16.4. The van der Waals surface area contributed by atoms with Crippen molar-refractivity contribution in [3.05, 3.63) is 71.0 Å². The molecule has 134 valence electrons. The summed E-state index contributed by atoms with van der Waals surface area (Å²) in [5.41, 5.74) is 3.66. The quantitative estimate of drug-likeness (QED) is 0.858. The van der Waals surface area contributed by atoms with Gasteiger partial charge in [-0.15, -0.1) is 0 Å². The summed E-state index contributed by atoms with van der Waals surface area (Å²) in [6.45, 7) is 2.60. The van der Waals surface area contributed by atoms with Crippen LogP contribution in [0.2, 0.25) is 0 Å². The number of benzene rings is 2. The van der Waals surface area contributed by atoms with Gasteiger partial charge in [0.25, 0.3) is 6.02 Å². The van der Waals surface area contributed by atoms with Crippen molar-refractivity contribution in [3.63, 3.8) is 0 Å². The molecule has 1 N–H and O–H groups in total. The Morgan fingerprint density at radius 1 is 1.12 bits per heavy atom. The highest BCUT2D eigenvalue weighted by molar-refractivity contribution is 5.76. The standard InChI is InChI=1S/C21H22FN3O/c22-16-7-5-15(6-8-16)20-17-4-2-1-3-14(17)10-12-25(20)21-24-13-18-19(26-21)9-11-23-18/h1-8,18-20,23H,9-13H2/t18-,19-,20-/m0/s1. The molecule has 2 aromatic carbocycles. The van der Waals surface area contributed by atoms with E-state index in [1.54, 1.807) is 0 Å². The van der Waals surface area contributed by atoms with Gasteiger partial charge in [0.1, 0.15) is 11.9 Å². The average Bonchev–Trinajstić information content (AvgIpc) is 3.16. The fraction of sp³-hybridized carbons (Fsp3) is 0.381. The largest absolute Gasteiger partial charge is 0.460 e. The van der Waals surface area contributed by atoms with Crippen LogP contribution in [0, 0.1) is 5.82 Å². The molecule has 0 radical (unpaired) electrons. The first-order chi connectivity index (χ1) is 12.8. The first kappa shape index (κ1) is 15.8. The number of halogens is 1. The molecule has 0 saturated carbocycles. The molecule has 2 aromatic rings. The fourth-order valence-electron chi connectivity index (χ4n) is 4.35. The summed E-state index contributed by atoms with van der Waals surface area (Å²) >= 11 is 0. The van der Waals surface area contributed by atoms with Crippen molar-refractivity contribution >= 4 is 6.02 Å². The smallest absolute Gasteiger partial charge is 0.288 e. The predicted octanol–water partition coefficient (Wildman–Crippen LogP) is 2.89. The minimum Gasteiger partial charge on any atom is -0.460 e. The van der Waals surface area contributed by atoms with Crippen molar-refractivity contribution in [2.75, 3.05) is 19.6 Å². The van der Waals surface area contributed by atoms with Gasteiger partial charge in [-0.1, -0.05) is 36.4 Å². The Morgan fingerprint density at radius 2 is 1.96 bits per heavy atom. The Labute approximate surface area is 152 Å². The third-order valence-corrected chi connectivity index (χ3v) is 5.68. The van der Waals surface area contributed by atoms with Gasteiger partial charge in [0.2, 0.25) is 0 Å². The van der Waals surface area contributed by atoms with Crippen molar-refractivity contribution in [3.8, 4) is 0 Å². The van der Waals surface area contributed by atoms with Crippen LogP contribution < -0.4 is 5.32 Å². The maximum atomic E-state index is 13.5. The van der Waals surface area contributed by atoms with Gasteiger partial charge in [0, 0.05) is 6.54 Å². The van der Waals surface area contributed by atoms with Gasteiger partial charge in [0.15, 0.2) is 0 Å². The Kier molecular flexibility index (Phi) is 3.89. The van der Waals surface area contributed by atoms with Crippen molar-refractivity contribution in [2.45, 2.75) is 31.0 Å². The number of ether oxygens (including phenoxy) is 1. The van der Waals surface area contributed by atoms with Gasteiger partial charge in [0.05, 0.1) is 18.6 Å². The van der Waals surface area contributed by atoms with Crippen LogP contribution >= 0.6 is 0 Å². The molecule has 26 heavy (non-hydrogen) atoms. The number of nitrogens with one attached hydrogen (secondary N) is 1. The van der Waals surface area contributed by atoms with Crippen LogP contribution in [-0.2, 0) is 11.2 Å². The summed E-state index contributed by atoms with van der Waals surface area (Å²) in [6.07, 6.45) is 2.19. The van der Waals surface area contributed by atoms with Crippen LogP contribution in [0.3, 0.4) is 0 Å². The van der Waals surface area contributed by atoms with Crippen LogP contribution in [-0.4, -0.2) is 42.7 Å². The molecule has 0 aliphatic carbocycles. The minimum atomic E-state index is -0.212. The normalized spacial score (nSPS) is 27.3. The van der Waals surface area contributed by atoms with E-state index in [4.69, 9.17) is 9.73 Å². The zero-order valence-corrected chi connectivity index (χ0v) is 14.6. The number of aliphatic imine (C=N–C) groups is 1. The zero-order chi connectivity index (χ0) is 17.5. The van der Waals surface area contributed by atoms with Crippen LogP contribution in [0.1, 0.15) is 29.2 Å². The third-order valence-electron chi connectivity index (χ3n) is 5.68. The maximum Gasteiger partial charge on any atom is 0.288 e. The molecule has 3 aliphatic rings. The molecule has 5 heteroatoms. The maximum absolute atomic E-state index is 13.5. The second kappa shape index (κ2) is 6.40. The summed E-state index contributed by atoms with van der Waals surface area (Å²) in [7, 11) is 0. The summed E-state index contributed by atoms with van der Waals surface area (Å²) in [5, 5.41) is 3.45. The highest BCUT2D eigenvalue weighted by atomic mass is 19.1. The van der Waals surface area contributed by atoms with E-state index in [0.717, 1.165) is 44.1 Å². The molecule has 0 aromatic heterocycles. The summed E-state index contributed by atoms with van der Waals surface area (Å²) in [4.78, 5) is 7.00. The SMILES string of the molecule is Fc1ccc([C@H]2c3ccccc3CCN2C2=NC[C@@H]3NCC[C@@H]3O2)cc1. The highest BCUT2D eigenvalue weighted by Crippen LogP contribution is 2.36.